The van der Waals surface area contributed by atoms with Crippen LogP contribution in [0.2, 0.25) is 0 Å². The van der Waals surface area contributed by atoms with Crippen molar-refractivity contribution in [3.63, 3.8) is 0 Å². The Balaban J connectivity index is 1.56. The summed E-state index contributed by atoms with van der Waals surface area (Å²) in [6.07, 6.45) is 0. The number of hydrogen-bond donors (Lipinski definition) is 4. The molecule has 0 fully saturated rings. The van der Waals surface area contributed by atoms with E-state index in [2.05, 4.69) is 41.3 Å². The Morgan fingerprint density at radius 2 is 1.76 bits per heavy atom. The quantitative estimate of drug-likeness (QED) is 0.302. The van der Waals surface area contributed by atoms with Crippen molar-refractivity contribution < 1.29 is 10.2 Å². The summed E-state index contributed by atoms with van der Waals surface area (Å²) >= 11 is 2.90. The summed E-state index contributed by atoms with van der Waals surface area (Å²) in [6, 6.07) is 12.9. The molecule has 0 aliphatic carbocycles. The van der Waals surface area contributed by atoms with E-state index in [-0.39, 0.29) is 11.5 Å². The van der Waals surface area contributed by atoms with Crippen molar-refractivity contribution in [3.8, 4) is 32.6 Å². The maximum atomic E-state index is 9.71. The summed E-state index contributed by atoms with van der Waals surface area (Å²) in [6.45, 7) is 4.33. The van der Waals surface area contributed by atoms with Crippen LogP contribution >= 0.6 is 22.7 Å². The van der Waals surface area contributed by atoms with Gasteiger partial charge in [0.15, 0.2) is 16.6 Å². The van der Waals surface area contributed by atoms with Crippen molar-refractivity contribution in [3.05, 3.63) is 53.4 Å². The minimum absolute atomic E-state index is 0.159. The van der Waals surface area contributed by atoms with Crippen LogP contribution in [0.1, 0.15) is 25.3 Å². The van der Waals surface area contributed by atoms with Crippen molar-refractivity contribution in [1.82, 2.24) is 9.97 Å². The first kappa shape index (κ1) is 19.2. The highest BCUT2D eigenvalue weighted by molar-refractivity contribution is 7.23. The van der Waals surface area contributed by atoms with Gasteiger partial charge >= 0.3 is 0 Å². The number of rotatable bonds is 5. The second-order valence-corrected chi connectivity index (χ2v) is 8.73. The Hall–Kier alpha value is -3.10. The first-order chi connectivity index (χ1) is 13.9. The van der Waals surface area contributed by atoms with Gasteiger partial charge in [-0.2, -0.15) is 0 Å². The molecule has 0 atom stereocenters. The number of anilines is 3. The van der Waals surface area contributed by atoms with Crippen molar-refractivity contribution in [2.45, 2.75) is 19.8 Å². The third-order valence-corrected chi connectivity index (χ3v) is 6.43. The zero-order valence-electron chi connectivity index (χ0n) is 15.9. The highest BCUT2D eigenvalue weighted by atomic mass is 32.1. The van der Waals surface area contributed by atoms with Crippen LogP contribution < -0.4 is 11.1 Å². The van der Waals surface area contributed by atoms with Crippen LogP contribution in [0.15, 0.2) is 47.8 Å². The van der Waals surface area contributed by atoms with Crippen LogP contribution in [0.25, 0.3) is 21.1 Å². The molecule has 0 amide bonds. The maximum absolute atomic E-state index is 9.71. The number of phenols is 2. The minimum atomic E-state index is -0.177. The third kappa shape index (κ3) is 4.03. The molecule has 8 heteroatoms. The second kappa shape index (κ2) is 7.73. The first-order valence-corrected chi connectivity index (χ1v) is 10.7. The van der Waals surface area contributed by atoms with E-state index in [1.54, 1.807) is 6.07 Å². The lowest BCUT2D eigenvalue weighted by atomic mass is 10.0. The standard InChI is InChI=1S/C21H20N4O2S2/c1-11(2)12-3-6-14(7-4-12)23-21-25-19(22)18(29-21)20-24-15(10-28-20)13-5-8-16(26)17(27)9-13/h3-11,26-27H,22H2,1-2H3,(H,23,25). The Morgan fingerprint density at radius 1 is 1.00 bits per heavy atom. The second-order valence-electron chi connectivity index (χ2n) is 6.88. The van der Waals surface area contributed by atoms with E-state index in [4.69, 9.17) is 5.73 Å². The molecule has 148 valence electrons. The zero-order chi connectivity index (χ0) is 20.5. The smallest absolute Gasteiger partial charge is 0.189 e. The molecule has 2 heterocycles. The molecule has 0 saturated heterocycles. The van der Waals surface area contributed by atoms with Crippen molar-refractivity contribution in [1.29, 1.82) is 0 Å². The number of phenolic OH excluding ortho intramolecular Hbond substituents is 2. The van der Waals surface area contributed by atoms with E-state index in [9.17, 15) is 10.2 Å². The van der Waals surface area contributed by atoms with E-state index >= 15 is 0 Å². The first-order valence-electron chi connectivity index (χ1n) is 9.02. The van der Waals surface area contributed by atoms with Crippen molar-refractivity contribution in [2.24, 2.45) is 0 Å². The fourth-order valence-electron chi connectivity index (χ4n) is 2.81. The van der Waals surface area contributed by atoms with Crippen LogP contribution in [0, 0.1) is 0 Å². The number of nitrogens with one attached hydrogen (secondary N) is 1. The van der Waals surface area contributed by atoms with Gasteiger partial charge in [0.2, 0.25) is 0 Å². The van der Waals surface area contributed by atoms with Crippen molar-refractivity contribution in [2.75, 3.05) is 11.1 Å². The number of nitrogens with two attached hydrogens (primary N) is 1. The summed E-state index contributed by atoms with van der Waals surface area (Å²) in [5, 5.41) is 25.8. The van der Waals surface area contributed by atoms with Gasteiger partial charge in [-0.05, 0) is 41.8 Å². The van der Waals surface area contributed by atoms with E-state index in [0.29, 0.717) is 22.6 Å². The third-order valence-electron chi connectivity index (χ3n) is 4.45. The molecular weight excluding hydrogens is 404 g/mol. The molecule has 0 spiro atoms. The number of thiazole rings is 2. The van der Waals surface area contributed by atoms with Gasteiger partial charge in [-0.1, -0.05) is 37.3 Å². The van der Waals surface area contributed by atoms with E-state index < -0.39 is 0 Å². The number of aromatic hydroxyl groups is 2. The number of nitrogen functional groups attached to an aromatic ring is 1. The van der Waals surface area contributed by atoms with Gasteiger partial charge < -0.3 is 21.3 Å². The highest BCUT2D eigenvalue weighted by Crippen LogP contribution is 2.40. The maximum Gasteiger partial charge on any atom is 0.189 e. The average molecular weight is 425 g/mol. The van der Waals surface area contributed by atoms with Crippen LogP contribution in [0.5, 0.6) is 11.5 Å². The van der Waals surface area contributed by atoms with Gasteiger partial charge in [0.1, 0.15) is 15.7 Å². The summed E-state index contributed by atoms with van der Waals surface area (Å²) in [5.74, 6) is 0.573. The van der Waals surface area contributed by atoms with Gasteiger partial charge in [-0.25, -0.2) is 9.97 Å². The molecule has 4 aromatic rings. The average Bonchev–Trinajstić information content (AvgIpc) is 3.31. The summed E-state index contributed by atoms with van der Waals surface area (Å²) in [5.41, 5.74) is 9.79. The molecule has 0 saturated carbocycles. The van der Waals surface area contributed by atoms with Crippen molar-refractivity contribution >= 4 is 39.3 Å². The lowest BCUT2D eigenvalue weighted by molar-refractivity contribution is 0.404. The molecule has 29 heavy (non-hydrogen) atoms. The molecule has 5 N–H and O–H groups in total. The van der Waals surface area contributed by atoms with Gasteiger partial charge in [0, 0.05) is 16.6 Å². The lowest BCUT2D eigenvalue weighted by Gasteiger charge is -2.07. The minimum Gasteiger partial charge on any atom is -0.504 e. The monoisotopic (exact) mass is 424 g/mol. The van der Waals surface area contributed by atoms with Gasteiger partial charge in [0.05, 0.1) is 5.69 Å². The topological polar surface area (TPSA) is 104 Å². The Morgan fingerprint density at radius 3 is 2.45 bits per heavy atom. The highest BCUT2D eigenvalue weighted by Gasteiger charge is 2.16. The van der Waals surface area contributed by atoms with Crippen LogP contribution in [-0.2, 0) is 0 Å². The zero-order valence-corrected chi connectivity index (χ0v) is 17.5. The molecule has 2 aromatic carbocycles. The van der Waals surface area contributed by atoms with E-state index in [1.807, 2.05) is 17.5 Å². The number of benzene rings is 2. The molecule has 0 bridgehead atoms. The molecular formula is C21H20N4O2S2. The molecule has 0 unspecified atom stereocenters. The number of aromatic nitrogens is 2. The molecule has 2 aromatic heterocycles. The summed E-state index contributed by atoms with van der Waals surface area (Å²) in [7, 11) is 0. The predicted molar refractivity (Wildman–Crippen MR) is 120 cm³/mol. The Bertz CT molecular complexity index is 1150. The predicted octanol–water partition coefficient (Wildman–Crippen LogP) is 5.79. The van der Waals surface area contributed by atoms with Crippen LogP contribution in [-0.4, -0.2) is 20.2 Å². The fourth-order valence-corrected chi connectivity index (χ4v) is 4.64. The Kier molecular flexibility index (Phi) is 5.12. The molecule has 0 aliphatic rings. The molecule has 0 radical (unpaired) electrons. The number of hydrogen-bond acceptors (Lipinski definition) is 8. The van der Waals surface area contributed by atoms with Crippen LogP contribution in [0.4, 0.5) is 16.6 Å². The van der Waals surface area contributed by atoms with Gasteiger partial charge in [0.25, 0.3) is 0 Å². The van der Waals surface area contributed by atoms with E-state index in [0.717, 1.165) is 21.1 Å². The van der Waals surface area contributed by atoms with Gasteiger partial charge in [-0.3, -0.25) is 0 Å². The molecule has 4 rings (SSSR count). The SMILES string of the molecule is CC(C)c1ccc(Nc2nc(N)c(-c3nc(-c4ccc(O)c(O)c4)cs3)s2)cc1. The van der Waals surface area contributed by atoms with Gasteiger partial charge in [-0.15, -0.1) is 11.3 Å². The normalized spacial score (nSPS) is 11.1. The molecule has 0 aliphatic heterocycles. The number of nitrogens with zero attached hydrogens (tertiary/aromatic N) is 2. The lowest BCUT2D eigenvalue weighted by Crippen LogP contribution is -1.92. The Labute approximate surface area is 176 Å². The fraction of sp³-hybridized carbons (Fsp3) is 0.143. The summed E-state index contributed by atoms with van der Waals surface area (Å²) in [4.78, 5) is 9.85. The largest absolute Gasteiger partial charge is 0.504 e. The van der Waals surface area contributed by atoms with E-state index in [1.165, 1.54) is 40.4 Å². The van der Waals surface area contributed by atoms with Crippen LogP contribution in [0.3, 0.4) is 0 Å². The summed E-state index contributed by atoms with van der Waals surface area (Å²) < 4.78 is 0. The molecule has 6 nitrogen and oxygen atoms in total.